The zero-order chi connectivity index (χ0) is 15.8. The Labute approximate surface area is 137 Å². The molecule has 0 bridgehead atoms. The molecule has 114 valence electrons. The molecule has 3 aromatic heterocycles. The van der Waals surface area contributed by atoms with E-state index in [2.05, 4.69) is 21.2 Å². The highest BCUT2D eigenvalue weighted by molar-refractivity contribution is 7.99. The molecule has 0 aliphatic heterocycles. The first-order chi connectivity index (χ1) is 11.2. The van der Waals surface area contributed by atoms with Gasteiger partial charge in [0.15, 0.2) is 10.8 Å². The number of methoxy groups -OCH3 is 1. The van der Waals surface area contributed by atoms with Crippen LogP contribution in [0.1, 0.15) is 5.69 Å². The van der Waals surface area contributed by atoms with Crippen LogP contribution < -0.4 is 4.74 Å². The van der Waals surface area contributed by atoms with E-state index >= 15 is 0 Å². The lowest BCUT2D eigenvalue weighted by Crippen LogP contribution is -1.91. The fourth-order valence-electron chi connectivity index (χ4n) is 2.50. The van der Waals surface area contributed by atoms with Gasteiger partial charge in [-0.15, -0.1) is 10.2 Å². The number of aromatic nitrogens is 4. The van der Waals surface area contributed by atoms with Crippen molar-refractivity contribution >= 4 is 28.3 Å². The summed E-state index contributed by atoms with van der Waals surface area (Å²) in [6.45, 7) is 2.00. The second-order valence-corrected chi connectivity index (χ2v) is 6.17. The lowest BCUT2D eigenvalue weighted by Gasteiger charge is -2.08. The first-order valence-corrected chi connectivity index (χ1v) is 7.99. The molecule has 3 heterocycles. The van der Waals surface area contributed by atoms with Gasteiger partial charge in [-0.1, -0.05) is 6.07 Å². The smallest absolute Gasteiger partial charge is 0.200 e. The molecule has 4 rings (SSSR count). The van der Waals surface area contributed by atoms with E-state index in [4.69, 9.17) is 4.74 Å². The Hall–Kier alpha value is -2.60. The van der Waals surface area contributed by atoms with Gasteiger partial charge >= 0.3 is 0 Å². The Balaban J connectivity index is 1.87. The minimum absolute atomic E-state index is 0.816. The maximum absolute atomic E-state index is 5.34. The lowest BCUT2D eigenvalue weighted by molar-refractivity contribution is 0.415. The minimum Gasteiger partial charge on any atom is -0.497 e. The van der Waals surface area contributed by atoms with E-state index in [1.165, 1.54) is 0 Å². The van der Waals surface area contributed by atoms with E-state index in [1.807, 2.05) is 53.9 Å². The highest BCUT2D eigenvalue weighted by atomic mass is 32.2. The summed E-state index contributed by atoms with van der Waals surface area (Å²) >= 11 is 1.58. The number of rotatable bonds is 3. The maximum Gasteiger partial charge on any atom is 0.200 e. The molecule has 0 N–H and O–H groups in total. The molecule has 0 radical (unpaired) electrons. The molecule has 4 aromatic rings. The van der Waals surface area contributed by atoms with E-state index in [9.17, 15) is 0 Å². The zero-order valence-corrected chi connectivity index (χ0v) is 13.5. The molecular formula is C17H14N4OS. The predicted molar refractivity (Wildman–Crippen MR) is 90.1 cm³/mol. The normalized spacial score (nSPS) is 11.2. The first-order valence-electron chi connectivity index (χ1n) is 7.17. The van der Waals surface area contributed by atoms with Gasteiger partial charge in [-0.3, -0.25) is 9.38 Å². The van der Waals surface area contributed by atoms with Gasteiger partial charge in [0.2, 0.25) is 0 Å². The van der Waals surface area contributed by atoms with E-state index in [0.29, 0.717) is 0 Å². The van der Waals surface area contributed by atoms with Crippen molar-refractivity contribution in [2.75, 3.05) is 7.11 Å². The van der Waals surface area contributed by atoms with Crippen LogP contribution >= 0.6 is 11.8 Å². The van der Waals surface area contributed by atoms with Crippen molar-refractivity contribution in [1.82, 2.24) is 19.6 Å². The average molecular weight is 322 g/mol. The molecule has 0 unspecified atom stereocenters. The summed E-state index contributed by atoms with van der Waals surface area (Å²) in [7, 11) is 1.67. The quantitative estimate of drug-likeness (QED) is 0.575. The van der Waals surface area contributed by atoms with E-state index in [0.717, 1.165) is 38.0 Å². The molecule has 0 aliphatic carbocycles. The van der Waals surface area contributed by atoms with Crippen molar-refractivity contribution < 1.29 is 4.74 Å². The fourth-order valence-corrected chi connectivity index (χ4v) is 3.53. The summed E-state index contributed by atoms with van der Waals surface area (Å²) in [4.78, 5) is 5.68. The van der Waals surface area contributed by atoms with Crippen molar-refractivity contribution in [2.45, 2.75) is 17.0 Å². The zero-order valence-electron chi connectivity index (χ0n) is 12.7. The van der Waals surface area contributed by atoms with Gasteiger partial charge in [-0.2, -0.15) is 0 Å². The van der Waals surface area contributed by atoms with Crippen molar-refractivity contribution in [3.63, 3.8) is 0 Å². The topological polar surface area (TPSA) is 52.3 Å². The van der Waals surface area contributed by atoms with Crippen LogP contribution in [0.25, 0.3) is 16.6 Å². The van der Waals surface area contributed by atoms with Crippen LogP contribution in [0.2, 0.25) is 0 Å². The van der Waals surface area contributed by atoms with Crippen LogP contribution in [0.15, 0.2) is 58.7 Å². The summed E-state index contributed by atoms with van der Waals surface area (Å²) in [6.07, 6.45) is 1.97. The number of aryl methyl sites for hydroxylation is 1. The van der Waals surface area contributed by atoms with Crippen LogP contribution in [0, 0.1) is 6.92 Å². The molecule has 5 nitrogen and oxygen atoms in total. The second-order valence-electron chi connectivity index (χ2n) is 5.16. The highest BCUT2D eigenvalue weighted by Crippen LogP contribution is 2.34. The summed E-state index contributed by atoms with van der Waals surface area (Å²) in [5.41, 5.74) is 2.75. The third-order valence-corrected chi connectivity index (χ3v) is 4.61. The molecule has 0 amide bonds. The van der Waals surface area contributed by atoms with Gasteiger partial charge < -0.3 is 4.74 Å². The Morgan fingerprint density at radius 3 is 2.87 bits per heavy atom. The number of hydrogen-bond donors (Lipinski definition) is 0. The number of nitrogens with zero attached hydrogens (tertiary/aromatic N) is 4. The fraction of sp³-hybridized carbons (Fsp3) is 0.118. The van der Waals surface area contributed by atoms with E-state index < -0.39 is 0 Å². The highest BCUT2D eigenvalue weighted by Gasteiger charge is 2.11. The van der Waals surface area contributed by atoms with Crippen LogP contribution in [0.5, 0.6) is 5.75 Å². The molecule has 6 heteroatoms. The molecule has 0 saturated carbocycles. The minimum atomic E-state index is 0.816. The van der Waals surface area contributed by atoms with Gasteiger partial charge in [0.1, 0.15) is 5.75 Å². The predicted octanol–water partition coefficient (Wildman–Crippen LogP) is 3.75. The van der Waals surface area contributed by atoms with Crippen molar-refractivity contribution in [3.05, 3.63) is 54.4 Å². The van der Waals surface area contributed by atoms with Gasteiger partial charge in [-0.05, 0) is 55.1 Å². The Morgan fingerprint density at radius 1 is 1.09 bits per heavy atom. The standard InChI is InChI=1S/C17H14N4OS/c1-11-9-15(13-10-12(22-2)6-7-14(13)18-11)23-17-20-19-16-5-3-4-8-21(16)17/h3-10H,1-2H3. The number of hydrogen-bond acceptors (Lipinski definition) is 5. The van der Waals surface area contributed by atoms with Crippen molar-refractivity contribution in [3.8, 4) is 5.75 Å². The molecule has 0 spiro atoms. The molecule has 0 saturated heterocycles. The van der Waals surface area contributed by atoms with Crippen LogP contribution in [-0.2, 0) is 0 Å². The molecule has 1 aromatic carbocycles. The van der Waals surface area contributed by atoms with Gasteiger partial charge in [-0.25, -0.2) is 0 Å². The molecule has 0 aliphatic rings. The Kier molecular flexibility index (Phi) is 3.38. The second kappa shape index (κ2) is 5.55. The van der Waals surface area contributed by atoms with Gasteiger partial charge in [0.25, 0.3) is 0 Å². The number of pyridine rings is 2. The summed E-state index contributed by atoms with van der Waals surface area (Å²) in [5, 5.41) is 10.4. The third kappa shape index (κ3) is 2.51. The SMILES string of the molecule is COc1ccc2nc(C)cc(Sc3nnc4ccccn34)c2c1. The number of ether oxygens (including phenoxy) is 1. The monoisotopic (exact) mass is 322 g/mol. The lowest BCUT2D eigenvalue weighted by atomic mass is 10.2. The van der Waals surface area contributed by atoms with Crippen LogP contribution in [-0.4, -0.2) is 26.7 Å². The Morgan fingerprint density at radius 2 is 2.00 bits per heavy atom. The molecular weight excluding hydrogens is 308 g/mol. The van der Waals surface area contributed by atoms with Gasteiger partial charge in [0, 0.05) is 22.2 Å². The third-order valence-electron chi connectivity index (χ3n) is 3.59. The molecule has 0 fully saturated rings. The largest absolute Gasteiger partial charge is 0.497 e. The van der Waals surface area contributed by atoms with E-state index in [1.54, 1.807) is 18.9 Å². The van der Waals surface area contributed by atoms with Crippen LogP contribution in [0.3, 0.4) is 0 Å². The molecule has 0 atom stereocenters. The number of fused-ring (bicyclic) bond motifs is 2. The van der Waals surface area contributed by atoms with Crippen LogP contribution in [0.4, 0.5) is 0 Å². The van der Waals surface area contributed by atoms with Gasteiger partial charge in [0.05, 0.1) is 12.6 Å². The van der Waals surface area contributed by atoms with Crippen molar-refractivity contribution in [1.29, 1.82) is 0 Å². The first kappa shape index (κ1) is 14.0. The summed E-state index contributed by atoms with van der Waals surface area (Å²) in [6, 6.07) is 13.8. The Bertz CT molecular complexity index is 1010. The number of benzene rings is 1. The maximum atomic E-state index is 5.34. The summed E-state index contributed by atoms with van der Waals surface area (Å²) in [5.74, 6) is 0.816. The van der Waals surface area contributed by atoms with Crippen molar-refractivity contribution in [2.24, 2.45) is 0 Å². The summed E-state index contributed by atoms with van der Waals surface area (Å²) < 4.78 is 7.32. The van der Waals surface area contributed by atoms with E-state index in [-0.39, 0.29) is 0 Å². The average Bonchev–Trinajstić information content (AvgIpc) is 2.98. The molecule has 23 heavy (non-hydrogen) atoms.